The second-order valence-corrected chi connectivity index (χ2v) is 7.20. The fourth-order valence-corrected chi connectivity index (χ4v) is 4.43. The van der Waals surface area contributed by atoms with Gasteiger partial charge in [0.1, 0.15) is 17.4 Å². The van der Waals surface area contributed by atoms with Gasteiger partial charge in [0.05, 0.1) is 5.69 Å². The van der Waals surface area contributed by atoms with Gasteiger partial charge in [-0.1, -0.05) is 18.9 Å². The van der Waals surface area contributed by atoms with Crippen molar-refractivity contribution in [3.05, 3.63) is 29.6 Å². The van der Waals surface area contributed by atoms with Crippen molar-refractivity contribution in [2.45, 2.75) is 51.5 Å². The summed E-state index contributed by atoms with van der Waals surface area (Å²) in [5.74, 6) is 0.234. The molecule has 25 heavy (non-hydrogen) atoms. The molecule has 2 saturated heterocycles. The molecule has 0 N–H and O–H groups in total. The maximum Gasteiger partial charge on any atom is 0.219 e. The van der Waals surface area contributed by atoms with Crippen molar-refractivity contribution >= 4 is 11.6 Å². The predicted octanol–water partition coefficient (Wildman–Crippen LogP) is 3.70. The fraction of sp³-hybridized carbons (Fsp3) is 0.600. The fourth-order valence-electron chi connectivity index (χ4n) is 4.43. The maximum absolute atomic E-state index is 13.9. The Hall–Kier alpha value is -2.09. The zero-order valence-corrected chi connectivity index (χ0v) is 14.9. The van der Waals surface area contributed by atoms with Crippen molar-refractivity contribution in [1.29, 1.82) is 5.26 Å². The van der Waals surface area contributed by atoms with Crippen LogP contribution in [0.4, 0.5) is 10.1 Å². The van der Waals surface area contributed by atoms with E-state index in [0.717, 1.165) is 45.3 Å². The molecule has 2 heterocycles. The summed E-state index contributed by atoms with van der Waals surface area (Å²) in [6.45, 7) is 4.18. The van der Waals surface area contributed by atoms with Gasteiger partial charge < -0.3 is 9.80 Å². The van der Waals surface area contributed by atoms with Gasteiger partial charge >= 0.3 is 0 Å². The maximum atomic E-state index is 13.9. The second kappa shape index (κ2) is 7.86. The molecular weight excluding hydrogens is 317 g/mol. The van der Waals surface area contributed by atoms with Gasteiger partial charge in [-0.2, -0.15) is 5.26 Å². The third-order valence-electron chi connectivity index (χ3n) is 5.73. The summed E-state index contributed by atoms with van der Waals surface area (Å²) in [6.07, 6.45) is 6.55. The largest absolute Gasteiger partial charge is 0.370 e. The minimum absolute atomic E-state index is 0.140. The van der Waals surface area contributed by atoms with Gasteiger partial charge in [0, 0.05) is 32.6 Å². The number of amides is 1. The van der Waals surface area contributed by atoms with E-state index in [9.17, 15) is 14.4 Å². The lowest BCUT2D eigenvalue weighted by Gasteiger charge is -2.41. The molecule has 0 saturated carbocycles. The molecule has 2 fully saturated rings. The lowest BCUT2D eigenvalue weighted by atomic mass is 9.85. The summed E-state index contributed by atoms with van der Waals surface area (Å²) >= 11 is 0. The number of rotatable bonds is 2. The molecule has 5 heteroatoms. The number of nitrogens with zero attached hydrogens (tertiary/aromatic N) is 3. The van der Waals surface area contributed by atoms with Crippen LogP contribution in [0.1, 0.15) is 51.0 Å². The molecule has 4 nitrogen and oxygen atoms in total. The minimum Gasteiger partial charge on any atom is -0.370 e. The highest BCUT2D eigenvalue weighted by atomic mass is 19.1. The van der Waals surface area contributed by atoms with Gasteiger partial charge in [-0.15, -0.1) is 0 Å². The Morgan fingerprint density at radius 3 is 2.60 bits per heavy atom. The SMILES string of the molecule is CC(=O)N1CCCCCC1C1CCN(c2cccc(F)c2C#N)CC1. The number of piperidine rings is 1. The molecule has 1 aromatic carbocycles. The van der Waals surface area contributed by atoms with Gasteiger partial charge in [-0.05, 0) is 43.7 Å². The van der Waals surface area contributed by atoms with Crippen LogP contribution < -0.4 is 4.90 Å². The van der Waals surface area contributed by atoms with Crippen LogP contribution in [-0.4, -0.2) is 36.5 Å². The first-order chi connectivity index (χ1) is 12.1. The molecule has 1 amide bonds. The summed E-state index contributed by atoms with van der Waals surface area (Å²) in [6, 6.07) is 7.17. The first kappa shape index (κ1) is 17.7. The third-order valence-corrected chi connectivity index (χ3v) is 5.73. The predicted molar refractivity (Wildman–Crippen MR) is 95.7 cm³/mol. The number of likely N-dealkylation sites (tertiary alicyclic amines) is 1. The van der Waals surface area contributed by atoms with E-state index < -0.39 is 5.82 Å². The Labute approximate surface area is 149 Å². The minimum atomic E-state index is -0.450. The molecule has 2 aliphatic rings. The number of carbonyl (C=O) groups excluding carboxylic acids is 1. The van der Waals surface area contributed by atoms with E-state index in [-0.39, 0.29) is 11.5 Å². The van der Waals surface area contributed by atoms with Crippen LogP contribution >= 0.6 is 0 Å². The molecule has 3 rings (SSSR count). The van der Waals surface area contributed by atoms with E-state index in [1.165, 1.54) is 18.9 Å². The molecule has 0 bridgehead atoms. The van der Waals surface area contributed by atoms with Crippen molar-refractivity contribution in [1.82, 2.24) is 4.90 Å². The lowest BCUT2D eigenvalue weighted by molar-refractivity contribution is -0.132. The van der Waals surface area contributed by atoms with E-state index >= 15 is 0 Å². The van der Waals surface area contributed by atoms with E-state index in [0.29, 0.717) is 17.6 Å². The Morgan fingerprint density at radius 1 is 1.16 bits per heavy atom. The highest BCUT2D eigenvalue weighted by Gasteiger charge is 2.33. The van der Waals surface area contributed by atoms with Crippen LogP contribution in [0.25, 0.3) is 0 Å². The molecule has 134 valence electrons. The smallest absolute Gasteiger partial charge is 0.219 e. The zero-order valence-electron chi connectivity index (χ0n) is 14.9. The number of anilines is 1. The van der Waals surface area contributed by atoms with Gasteiger partial charge in [0.2, 0.25) is 5.91 Å². The third kappa shape index (κ3) is 3.78. The number of hydrogen-bond acceptors (Lipinski definition) is 3. The number of hydrogen-bond donors (Lipinski definition) is 0. The van der Waals surface area contributed by atoms with Crippen molar-refractivity contribution < 1.29 is 9.18 Å². The molecule has 1 atom stereocenters. The molecule has 2 aliphatic heterocycles. The van der Waals surface area contributed by atoms with Crippen LogP contribution in [0, 0.1) is 23.1 Å². The summed E-state index contributed by atoms with van der Waals surface area (Å²) in [5.41, 5.74) is 0.839. The van der Waals surface area contributed by atoms with Gasteiger partial charge in [0.15, 0.2) is 0 Å². The highest BCUT2D eigenvalue weighted by Crippen LogP contribution is 2.33. The first-order valence-electron chi connectivity index (χ1n) is 9.32. The monoisotopic (exact) mass is 343 g/mol. The molecule has 0 aliphatic carbocycles. The summed E-state index contributed by atoms with van der Waals surface area (Å²) in [7, 11) is 0. The van der Waals surface area contributed by atoms with Crippen LogP contribution in [0.5, 0.6) is 0 Å². The van der Waals surface area contributed by atoms with Gasteiger partial charge in [0.25, 0.3) is 0 Å². The van der Waals surface area contributed by atoms with Crippen molar-refractivity contribution in [3.8, 4) is 6.07 Å². The number of benzene rings is 1. The topological polar surface area (TPSA) is 47.3 Å². The molecule has 1 unspecified atom stereocenters. The highest BCUT2D eigenvalue weighted by molar-refractivity contribution is 5.73. The number of halogens is 1. The van der Waals surface area contributed by atoms with Crippen LogP contribution in [0.15, 0.2) is 18.2 Å². The number of carbonyl (C=O) groups is 1. The Morgan fingerprint density at radius 2 is 1.92 bits per heavy atom. The van der Waals surface area contributed by atoms with Crippen molar-refractivity contribution in [2.24, 2.45) is 5.92 Å². The average Bonchev–Trinajstić information content (AvgIpc) is 2.88. The molecule has 1 aromatic rings. The quantitative estimate of drug-likeness (QED) is 0.822. The Bertz CT molecular complexity index is 661. The molecule has 0 radical (unpaired) electrons. The molecule has 0 spiro atoms. The zero-order chi connectivity index (χ0) is 17.8. The lowest BCUT2D eigenvalue weighted by Crippen LogP contribution is -2.47. The van der Waals surface area contributed by atoms with Gasteiger partial charge in [-0.25, -0.2) is 4.39 Å². The average molecular weight is 343 g/mol. The second-order valence-electron chi connectivity index (χ2n) is 7.20. The van der Waals surface area contributed by atoms with Crippen molar-refractivity contribution in [3.63, 3.8) is 0 Å². The Kier molecular flexibility index (Phi) is 5.57. The summed E-state index contributed by atoms with van der Waals surface area (Å²) in [5, 5.41) is 9.25. The number of nitriles is 1. The van der Waals surface area contributed by atoms with Crippen LogP contribution in [-0.2, 0) is 4.79 Å². The normalized spacial score (nSPS) is 22.4. The first-order valence-corrected chi connectivity index (χ1v) is 9.32. The molecular formula is C20H26FN3O. The van der Waals surface area contributed by atoms with Crippen LogP contribution in [0.3, 0.4) is 0 Å². The Balaban J connectivity index is 1.70. The van der Waals surface area contributed by atoms with E-state index in [2.05, 4.69) is 9.80 Å². The summed E-state index contributed by atoms with van der Waals surface area (Å²) in [4.78, 5) is 16.2. The molecule has 0 aromatic heterocycles. The van der Waals surface area contributed by atoms with Crippen molar-refractivity contribution in [2.75, 3.05) is 24.5 Å². The standard InChI is InChI=1S/C20H26FN3O/c1-15(25)24-11-4-2-3-7-19(24)16-9-12-23(13-10-16)20-8-5-6-18(21)17(20)14-22/h5-6,8,16,19H,2-4,7,9-13H2,1H3. The van der Waals surface area contributed by atoms with E-state index in [1.807, 2.05) is 12.1 Å². The van der Waals surface area contributed by atoms with Gasteiger partial charge in [-0.3, -0.25) is 4.79 Å². The van der Waals surface area contributed by atoms with E-state index in [4.69, 9.17) is 0 Å². The summed E-state index contributed by atoms with van der Waals surface area (Å²) < 4.78 is 13.9. The van der Waals surface area contributed by atoms with Crippen LogP contribution in [0.2, 0.25) is 0 Å². The van der Waals surface area contributed by atoms with E-state index in [1.54, 1.807) is 13.0 Å².